The zero-order valence-corrected chi connectivity index (χ0v) is 18.4. The van der Waals surface area contributed by atoms with Gasteiger partial charge in [0.1, 0.15) is 23.1 Å². The lowest BCUT2D eigenvalue weighted by molar-refractivity contribution is -0.116. The molecule has 0 heterocycles. The number of halogens is 1. The maximum absolute atomic E-state index is 13.2. The Hall–Kier alpha value is -3.34. The molecular formula is C26H28FNO3. The van der Waals surface area contributed by atoms with Gasteiger partial charge in [-0.2, -0.15) is 0 Å². The van der Waals surface area contributed by atoms with Crippen molar-refractivity contribution in [3.05, 3.63) is 82.7 Å². The number of amides is 1. The summed E-state index contributed by atoms with van der Waals surface area (Å²) in [4.78, 5) is 11.9. The monoisotopic (exact) mass is 421 g/mol. The van der Waals surface area contributed by atoms with Crippen LogP contribution in [-0.4, -0.2) is 13.0 Å². The number of carbonyl (C=O) groups excluding carboxylic acids is 1. The van der Waals surface area contributed by atoms with Gasteiger partial charge in [-0.15, -0.1) is 0 Å². The highest BCUT2D eigenvalue weighted by Gasteiger charge is 2.12. The first kappa shape index (κ1) is 22.3. The van der Waals surface area contributed by atoms with Crippen LogP contribution >= 0.6 is 0 Å². The van der Waals surface area contributed by atoms with Crippen molar-refractivity contribution in [3.63, 3.8) is 0 Å². The zero-order chi connectivity index (χ0) is 22.4. The number of hydrogen-bond donors (Lipinski definition) is 1. The molecule has 0 aliphatic carbocycles. The Balaban J connectivity index is 1.83. The SMILES string of the molecule is CCCC(=O)Nc1cc(C)c(Oc2ccc(OC)c(Cc3ccc(F)cc3)c2)c(C)c1. The van der Waals surface area contributed by atoms with Gasteiger partial charge in [0.05, 0.1) is 7.11 Å². The number of aryl methyl sites for hydroxylation is 2. The molecule has 1 amide bonds. The van der Waals surface area contributed by atoms with E-state index in [9.17, 15) is 9.18 Å². The first-order valence-corrected chi connectivity index (χ1v) is 10.4. The summed E-state index contributed by atoms with van der Waals surface area (Å²) in [5.41, 5.74) is 4.57. The average molecular weight is 422 g/mol. The minimum absolute atomic E-state index is 0.00978. The summed E-state index contributed by atoms with van der Waals surface area (Å²) < 4.78 is 24.9. The molecule has 0 fully saturated rings. The molecule has 162 valence electrons. The van der Waals surface area contributed by atoms with E-state index >= 15 is 0 Å². The van der Waals surface area contributed by atoms with Crippen LogP contribution in [0.4, 0.5) is 10.1 Å². The Labute approximate surface area is 183 Å². The lowest BCUT2D eigenvalue weighted by atomic mass is 10.0. The smallest absolute Gasteiger partial charge is 0.224 e. The largest absolute Gasteiger partial charge is 0.496 e. The van der Waals surface area contributed by atoms with Gasteiger partial charge in [-0.1, -0.05) is 19.1 Å². The number of benzene rings is 3. The van der Waals surface area contributed by atoms with Gasteiger partial charge < -0.3 is 14.8 Å². The molecule has 0 bridgehead atoms. The van der Waals surface area contributed by atoms with Gasteiger partial charge in [0.25, 0.3) is 0 Å². The highest BCUT2D eigenvalue weighted by molar-refractivity contribution is 5.91. The molecule has 0 saturated heterocycles. The summed E-state index contributed by atoms with van der Waals surface area (Å²) in [5, 5.41) is 2.93. The molecule has 0 aliphatic heterocycles. The number of hydrogen-bond acceptors (Lipinski definition) is 3. The van der Waals surface area contributed by atoms with Gasteiger partial charge in [-0.25, -0.2) is 4.39 Å². The summed E-state index contributed by atoms with van der Waals surface area (Å²) in [5.74, 6) is 1.95. The van der Waals surface area contributed by atoms with Crippen molar-refractivity contribution in [3.8, 4) is 17.2 Å². The number of ether oxygens (including phenoxy) is 2. The minimum Gasteiger partial charge on any atom is -0.496 e. The van der Waals surface area contributed by atoms with E-state index in [2.05, 4.69) is 5.32 Å². The Bertz CT molecular complexity index is 1040. The van der Waals surface area contributed by atoms with Gasteiger partial charge in [0.15, 0.2) is 0 Å². The molecule has 0 unspecified atom stereocenters. The third kappa shape index (κ3) is 5.85. The second-order valence-corrected chi connectivity index (χ2v) is 7.62. The first-order valence-electron chi connectivity index (χ1n) is 10.4. The molecule has 0 aromatic heterocycles. The van der Waals surface area contributed by atoms with Crippen LogP contribution in [0.1, 0.15) is 42.0 Å². The fourth-order valence-corrected chi connectivity index (χ4v) is 3.53. The molecule has 0 atom stereocenters. The van der Waals surface area contributed by atoms with Gasteiger partial charge in [-0.05, 0) is 79.4 Å². The van der Waals surface area contributed by atoms with Crippen LogP contribution in [0.2, 0.25) is 0 Å². The molecule has 0 aliphatic rings. The fourth-order valence-electron chi connectivity index (χ4n) is 3.53. The van der Waals surface area contributed by atoms with Crippen LogP contribution in [0.15, 0.2) is 54.6 Å². The van der Waals surface area contributed by atoms with Gasteiger partial charge in [0, 0.05) is 24.1 Å². The molecule has 0 spiro atoms. The molecular weight excluding hydrogens is 393 g/mol. The van der Waals surface area contributed by atoms with Gasteiger partial charge in [-0.3, -0.25) is 4.79 Å². The maximum atomic E-state index is 13.2. The van der Waals surface area contributed by atoms with E-state index in [1.165, 1.54) is 12.1 Å². The lowest BCUT2D eigenvalue weighted by Crippen LogP contribution is -2.11. The van der Waals surface area contributed by atoms with Crippen LogP contribution in [-0.2, 0) is 11.2 Å². The number of carbonyl (C=O) groups is 1. The van der Waals surface area contributed by atoms with Gasteiger partial charge in [0.2, 0.25) is 5.91 Å². The zero-order valence-electron chi connectivity index (χ0n) is 18.4. The normalized spacial score (nSPS) is 10.6. The summed E-state index contributed by atoms with van der Waals surface area (Å²) in [6.45, 7) is 5.90. The predicted molar refractivity (Wildman–Crippen MR) is 122 cm³/mol. The van der Waals surface area contributed by atoms with Crippen LogP contribution in [0, 0.1) is 19.7 Å². The van der Waals surface area contributed by atoms with E-state index in [0.717, 1.165) is 45.9 Å². The summed E-state index contributed by atoms with van der Waals surface area (Å²) in [6.07, 6.45) is 1.91. The Morgan fingerprint density at radius 1 is 1.00 bits per heavy atom. The van der Waals surface area contributed by atoms with Crippen LogP contribution in [0.25, 0.3) is 0 Å². The van der Waals surface area contributed by atoms with E-state index in [0.29, 0.717) is 18.6 Å². The quantitative estimate of drug-likeness (QED) is 0.447. The highest BCUT2D eigenvalue weighted by Crippen LogP contribution is 2.34. The second kappa shape index (κ2) is 10.1. The molecule has 3 rings (SSSR count). The van der Waals surface area contributed by atoms with E-state index in [4.69, 9.17) is 9.47 Å². The standard InChI is InChI=1S/C26H28FNO3/c1-5-6-25(29)28-22-13-17(2)26(18(3)14-22)31-23-11-12-24(30-4)20(16-23)15-19-7-9-21(27)10-8-19/h7-14,16H,5-6,15H2,1-4H3,(H,28,29). The van der Waals surface area contributed by atoms with E-state index < -0.39 is 0 Å². The first-order chi connectivity index (χ1) is 14.9. The highest BCUT2D eigenvalue weighted by atomic mass is 19.1. The van der Waals surface area contributed by atoms with Crippen molar-refractivity contribution in [2.24, 2.45) is 0 Å². The topological polar surface area (TPSA) is 47.6 Å². The third-order valence-corrected chi connectivity index (χ3v) is 5.00. The molecule has 5 heteroatoms. The van der Waals surface area contributed by atoms with E-state index in [1.807, 2.05) is 51.1 Å². The van der Waals surface area contributed by atoms with E-state index in [1.54, 1.807) is 19.2 Å². The van der Waals surface area contributed by atoms with Crippen LogP contribution < -0.4 is 14.8 Å². The van der Waals surface area contributed by atoms with Crippen LogP contribution in [0.3, 0.4) is 0 Å². The fraction of sp³-hybridized carbons (Fsp3) is 0.269. The summed E-state index contributed by atoms with van der Waals surface area (Å²) >= 11 is 0. The lowest BCUT2D eigenvalue weighted by Gasteiger charge is -2.16. The average Bonchev–Trinajstić information content (AvgIpc) is 2.73. The Morgan fingerprint density at radius 2 is 1.68 bits per heavy atom. The number of nitrogens with one attached hydrogen (secondary N) is 1. The van der Waals surface area contributed by atoms with Crippen molar-refractivity contribution in [1.82, 2.24) is 0 Å². The molecule has 4 nitrogen and oxygen atoms in total. The number of rotatable bonds is 8. The van der Waals surface area contributed by atoms with Crippen molar-refractivity contribution in [2.75, 3.05) is 12.4 Å². The van der Waals surface area contributed by atoms with E-state index in [-0.39, 0.29) is 11.7 Å². The molecule has 0 saturated carbocycles. The Kier molecular flexibility index (Phi) is 7.29. The van der Waals surface area contributed by atoms with Crippen molar-refractivity contribution >= 4 is 11.6 Å². The summed E-state index contributed by atoms with van der Waals surface area (Å²) in [6, 6.07) is 16.0. The third-order valence-electron chi connectivity index (χ3n) is 5.00. The second-order valence-electron chi connectivity index (χ2n) is 7.62. The minimum atomic E-state index is -0.256. The maximum Gasteiger partial charge on any atom is 0.224 e. The molecule has 3 aromatic carbocycles. The van der Waals surface area contributed by atoms with Crippen molar-refractivity contribution in [1.29, 1.82) is 0 Å². The van der Waals surface area contributed by atoms with Crippen molar-refractivity contribution < 1.29 is 18.7 Å². The van der Waals surface area contributed by atoms with Gasteiger partial charge >= 0.3 is 0 Å². The molecule has 3 aromatic rings. The molecule has 31 heavy (non-hydrogen) atoms. The molecule has 1 N–H and O–H groups in total. The van der Waals surface area contributed by atoms with Crippen LogP contribution in [0.5, 0.6) is 17.2 Å². The number of anilines is 1. The number of methoxy groups -OCH3 is 1. The summed E-state index contributed by atoms with van der Waals surface area (Å²) in [7, 11) is 1.63. The predicted octanol–water partition coefficient (Wildman–Crippen LogP) is 6.57. The Morgan fingerprint density at radius 3 is 2.29 bits per heavy atom. The van der Waals surface area contributed by atoms with Crippen molar-refractivity contribution in [2.45, 2.75) is 40.0 Å². The molecule has 0 radical (unpaired) electrons.